The third-order valence-electron chi connectivity index (χ3n) is 4.62. The van der Waals surface area contributed by atoms with Gasteiger partial charge in [-0.1, -0.05) is 44.7 Å². The molecule has 0 saturated carbocycles. The average Bonchev–Trinajstić information content (AvgIpc) is 3.20. The van der Waals surface area contributed by atoms with Gasteiger partial charge in [0.1, 0.15) is 17.9 Å². The normalized spacial score (nSPS) is 12.4. The number of ether oxygens (including phenoxy) is 1. The Kier molecular flexibility index (Phi) is 7.33. The third kappa shape index (κ3) is 6.55. The Bertz CT molecular complexity index is 998. The zero-order valence-electron chi connectivity index (χ0n) is 18.1. The number of aromatic nitrogens is 3. The highest BCUT2D eigenvalue weighted by atomic mass is 32.2. The standard InChI is InChI=1S/C23H27FN4O2S/c1-23(2,3)13-20(16-5-7-17(24)8-6-16)26-21(29)14-31-22-27-25-15-28(22)18-9-11-19(30-4)12-10-18/h5-12,15,20H,13-14H2,1-4H3,(H,26,29). The summed E-state index contributed by atoms with van der Waals surface area (Å²) in [6.07, 6.45) is 2.35. The maximum Gasteiger partial charge on any atom is 0.230 e. The van der Waals surface area contributed by atoms with Crippen molar-refractivity contribution >= 4 is 17.7 Å². The second-order valence-electron chi connectivity index (χ2n) is 8.41. The molecule has 0 bridgehead atoms. The summed E-state index contributed by atoms with van der Waals surface area (Å²) >= 11 is 1.31. The summed E-state index contributed by atoms with van der Waals surface area (Å²) in [6.45, 7) is 6.34. The highest BCUT2D eigenvalue weighted by Gasteiger charge is 2.22. The maximum absolute atomic E-state index is 13.3. The minimum absolute atomic E-state index is 0.00594. The summed E-state index contributed by atoms with van der Waals surface area (Å²) in [6, 6.07) is 13.6. The molecule has 1 heterocycles. The number of rotatable bonds is 8. The van der Waals surface area contributed by atoms with Gasteiger partial charge >= 0.3 is 0 Å². The van der Waals surface area contributed by atoms with Gasteiger partial charge < -0.3 is 10.1 Å². The zero-order valence-corrected chi connectivity index (χ0v) is 18.9. The van der Waals surface area contributed by atoms with Crippen molar-refractivity contribution in [2.45, 2.75) is 38.4 Å². The summed E-state index contributed by atoms with van der Waals surface area (Å²) in [5.74, 6) is 0.540. The van der Waals surface area contributed by atoms with E-state index < -0.39 is 0 Å². The van der Waals surface area contributed by atoms with E-state index in [-0.39, 0.29) is 28.9 Å². The molecule has 2 aromatic carbocycles. The highest BCUT2D eigenvalue weighted by Crippen LogP contribution is 2.30. The van der Waals surface area contributed by atoms with Gasteiger partial charge in [-0.05, 0) is 53.8 Å². The molecule has 6 nitrogen and oxygen atoms in total. The zero-order chi connectivity index (χ0) is 22.4. The van der Waals surface area contributed by atoms with Gasteiger partial charge in [0.25, 0.3) is 0 Å². The van der Waals surface area contributed by atoms with Crippen molar-refractivity contribution < 1.29 is 13.9 Å². The SMILES string of the molecule is COc1ccc(-n2cnnc2SCC(=O)NC(CC(C)(C)C)c2ccc(F)cc2)cc1. The first-order valence-corrected chi connectivity index (χ1v) is 11.0. The van der Waals surface area contributed by atoms with Crippen LogP contribution < -0.4 is 10.1 Å². The van der Waals surface area contributed by atoms with Crippen molar-refractivity contribution in [1.29, 1.82) is 0 Å². The van der Waals surface area contributed by atoms with Crippen LogP contribution in [0.5, 0.6) is 5.75 Å². The first kappa shape index (κ1) is 22.8. The number of benzene rings is 2. The minimum Gasteiger partial charge on any atom is -0.497 e. The molecule has 3 aromatic rings. The molecule has 31 heavy (non-hydrogen) atoms. The highest BCUT2D eigenvalue weighted by molar-refractivity contribution is 7.99. The molecule has 0 aliphatic carbocycles. The fourth-order valence-corrected chi connectivity index (χ4v) is 3.91. The fourth-order valence-electron chi connectivity index (χ4n) is 3.17. The predicted octanol–water partition coefficient (Wildman–Crippen LogP) is 4.80. The minimum atomic E-state index is -0.294. The Labute approximate surface area is 186 Å². The lowest BCUT2D eigenvalue weighted by Gasteiger charge is -2.27. The Hall–Kier alpha value is -2.87. The number of methoxy groups -OCH3 is 1. The van der Waals surface area contributed by atoms with E-state index in [1.807, 2.05) is 28.8 Å². The first-order chi connectivity index (χ1) is 14.7. The number of hydrogen-bond donors (Lipinski definition) is 1. The molecule has 0 aliphatic rings. The van der Waals surface area contributed by atoms with Crippen LogP contribution in [0.4, 0.5) is 4.39 Å². The number of nitrogens with one attached hydrogen (secondary N) is 1. The molecular weight excluding hydrogens is 415 g/mol. The van der Waals surface area contributed by atoms with Crippen LogP contribution in [0.3, 0.4) is 0 Å². The van der Waals surface area contributed by atoms with Crippen molar-refractivity contribution in [3.05, 3.63) is 66.2 Å². The molecule has 0 aliphatic heterocycles. The second kappa shape index (κ2) is 9.96. The van der Waals surface area contributed by atoms with Gasteiger partial charge in [0.15, 0.2) is 5.16 Å². The fraction of sp³-hybridized carbons (Fsp3) is 0.348. The molecule has 0 fully saturated rings. The van der Waals surface area contributed by atoms with Gasteiger partial charge in [-0.2, -0.15) is 0 Å². The molecule has 0 radical (unpaired) electrons. The summed E-state index contributed by atoms with van der Waals surface area (Å²) in [5, 5.41) is 11.8. The van der Waals surface area contributed by atoms with Crippen LogP contribution in [0.1, 0.15) is 38.8 Å². The van der Waals surface area contributed by atoms with Crippen LogP contribution >= 0.6 is 11.8 Å². The Morgan fingerprint density at radius 1 is 1.16 bits per heavy atom. The topological polar surface area (TPSA) is 69.0 Å². The summed E-state index contributed by atoms with van der Waals surface area (Å²) in [5.41, 5.74) is 1.76. The molecule has 8 heteroatoms. The quantitative estimate of drug-likeness (QED) is 0.508. The van der Waals surface area contributed by atoms with E-state index in [0.29, 0.717) is 5.16 Å². The van der Waals surface area contributed by atoms with Crippen molar-refractivity contribution in [2.24, 2.45) is 5.41 Å². The van der Waals surface area contributed by atoms with E-state index in [0.717, 1.165) is 23.4 Å². The first-order valence-electron chi connectivity index (χ1n) is 9.97. The van der Waals surface area contributed by atoms with Crippen LogP contribution in [-0.4, -0.2) is 33.5 Å². The number of hydrogen-bond acceptors (Lipinski definition) is 5. The van der Waals surface area contributed by atoms with Crippen molar-refractivity contribution in [2.75, 3.05) is 12.9 Å². The van der Waals surface area contributed by atoms with E-state index in [1.54, 1.807) is 25.6 Å². The van der Waals surface area contributed by atoms with E-state index in [4.69, 9.17) is 4.74 Å². The van der Waals surface area contributed by atoms with Gasteiger partial charge in [-0.15, -0.1) is 10.2 Å². The molecule has 1 aromatic heterocycles. The lowest BCUT2D eigenvalue weighted by Crippen LogP contribution is -2.32. The van der Waals surface area contributed by atoms with Crippen LogP contribution in [0.2, 0.25) is 0 Å². The van der Waals surface area contributed by atoms with E-state index in [2.05, 4.69) is 36.3 Å². The lowest BCUT2D eigenvalue weighted by molar-refractivity contribution is -0.119. The van der Waals surface area contributed by atoms with E-state index >= 15 is 0 Å². The van der Waals surface area contributed by atoms with Crippen LogP contribution in [0.15, 0.2) is 60.0 Å². The Morgan fingerprint density at radius 3 is 2.45 bits per heavy atom. The van der Waals surface area contributed by atoms with E-state index in [1.165, 1.54) is 23.9 Å². The molecule has 3 rings (SSSR count). The maximum atomic E-state index is 13.3. The number of carbonyl (C=O) groups excluding carboxylic acids is 1. The summed E-state index contributed by atoms with van der Waals surface area (Å²) in [7, 11) is 1.62. The van der Waals surface area contributed by atoms with Gasteiger partial charge in [-0.25, -0.2) is 4.39 Å². The Balaban J connectivity index is 1.67. The van der Waals surface area contributed by atoms with Gasteiger partial charge in [0, 0.05) is 5.69 Å². The summed E-state index contributed by atoms with van der Waals surface area (Å²) < 4.78 is 20.3. The van der Waals surface area contributed by atoms with Gasteiger partial charge in [0.2, 0.25) is 5.91 Å². The lowest BCUT2D eigenvalue weighted by atomic mass is 9.85. The second-order valence-corrected chi connectivity index (χ2v) is 9.35. The number of thioether (sulfide) groups is 1. The van der Waals surface area contributed by atoms with Crippen LogP contribution in [0, 0.1) is 11.2 Å². The number of amides is 1. The third-order valence-corrected chi connectivity index (χ3v) is 5.57. The van der Waals surface area contributed by atoms with E-state index in [9.17, 15) is 9.18 Å². The molecular formula is C23H27FN4O2S. The number of nitrogens with zero attached hydrogens (tertiary/aromatic N) is 3. The molecule has 1 amide bonds. The largest absolute Gasteiger partial charge is 0.497 e. The molecule has 0 saturated heterocycles. The van der Waals surface area contributed by atoms with Gasteiger partial charge in [-0.3, -0.25) is 9.36 Å². The molecule has 0 spiro atoms. The van der Waals surface area contributed by atoms with Gasteiger partial charge in [0.05, 0.1) is 18.9 Å². The number of halogens is 1. The van der Waals surface area contributed by atoms with Crippen molar-refractivity contribution in [1.82, 2.24) is 20.1 Å². The molecule has 1 unspecified atom stereocenters. The smallest absolute Gasteiger partial charge is 0.230 e. The summed E-state index contributed by atoms with van der Waals surface area (Å²) in [4.78, 5) is 12.7. The predicted molar refractivity (Wildman–Crippen MR) is 120 cm³/mol. The number of carbonyl (C=O) groups is 1. The van der Waals surface area contributed by atoms with Crippen LogP contribution in [0.25, 0.3) is 5.69 Å². The molecule has 1 atom stereocenters. The van der Waals surface area contributed by atoms with Crippen LogP contribution in [-0.2, 0) is 4.79 Å². The van der Waals surface area contributed by atoms with Crippen molar-refractivity contribution in [3.8, 4) is 11.4 Å². The Morgan fingerprint density at radius 2 is 1.84 bits per heavy atom. The monoisotopic (exact) mass is 442 g/mol. The molecule has 1 N–H and O–H groups in total. The molecule has 164 valence electrons. The average molecular weight is 443 g/mol. The van der Waals surface area contributed by atoms with Crippen molar-refractivity contribution in [3.63, 3.8) is 0 Å².